The van der Waals surface area contributed by atoms with E-state index in [0.717, 1.165) is 0 Å². The molecule has 0 aromatic heterocycles. The van der Waals surface area contributed by atoms with Crippen molar-refractivity contribution in [2.24, 2.45) is 5.92 Å². The first-order valence-corrected chi connectivity index (χ1v) is 9.44. The lowest BCUT2D eigenvalue weighted by atomic mass is 10.0. The molecule has 0 bridgehead atoms. The van der Waals surface area contributed by atoms with Crippen molar-refractivity contribution in [3.8, 4) is 6.07 Å². The maximum absolute atomic E-state index is 12.6. The quantitative estimate of drug-likeness (QED) is 0.607. The Bertz CT molecular complexity index is 938. The molecule has 0 spiro atoms. The first-order valence-electron chi connectivity index (χ1n) is 9.44. The molecule has 2 aromatic rings. The summed E-state index contributed by atoms with van der Waals surface area (Å²) in [5.41, 5.74) is 1.40. The molecular weight excluding hydrogens is 384 g/mol. The molecule has 30 heavy (non-hydrogen) atoms. The summed E-state index contributed by atoms with van der Waals surface area (Å²) < 4.78 is 5.26. The fourth-order valence-electron chi connectivity index (χ4n) is 2.54. The third-order valence-corrected chi connectivity index (χ3v) is 4.16. The second kappa shape index (κ2) is 10.6. The van der Waals surface area contributed by atoms with Crippen molar-refractivity contribution in [3.05, 3.63) is 60.2 Å². The number of hydrogen-bond donors (Lipinski definition) is 3. The van der Waals surface area contributed by atoms with E-state index in [2.05, 4.69) is 16.0 Å². The highest BCUT2D eigenvalue weighted by Gasteiger charge is 2.29. The fourth-order valence-corrected chi connectivity index (χ4v) is 2.54. The Morgan fingerprint density at radius 3 is 2.23 bits per heavy atom. The number of nitriles is 1. The van der Waals surface area contributed by atoms with Crippen LogP contribution < -0.4 is 16.0 Å². The van der Waals surface area contributed by atoms with Crippen LogP contribution >= 0.6 is 0 Å². The maximum atomic E-state index is 12.6. The summed E-state index contributed by atoms with van der Waals surface area (Å²) in [6.45, 7) is 4.95. The Labute approximate surface area is 175 Å². The van der Waals surface area contributed by atoms with E-state index in [4.69, 9.17) is 10.00 Å². The highest BCUT2D eigenvalue weighted by Crippen LogP contribution is 2.12. The maximum Gasteiger partial charge on any atom is 0.329 e. The van der Waals surface area contributed by atoms with Crippen LogP contribution in [0, 0.1) is 17.2 Å². The number of nitrogens with zero attached hydrogens (tertiary/aromatic N) is 1. The molecule has 0 unspecified atom stereocenters. The highest BCUT2D eigenvalue weighted by atomic mass is 16.5. The van der Waals surface area contributed by atoms with Gasteiger partial charge in [0.25, 0.3) is 5.91 Å². The van der Waals surface area contributed by atoms with Gasteiger partial charge in [-0.05, 0) is 43.2 Å². The molecule has 8 heteroatoms. The number of carbonyl (C=O) groups excluding carboxylic acids is 3. The van der Waals surface area contributed by atoms with Crippen molar-refractivity contribution in [1.29, 1.82) is 5.26 Å². The molecule has 0 radical (unpaired) electrons. The minimum absolute atomic E-state index is 0.262. The summed E-state index contributed by atoms with van der Waals surface area (Å²) in [6.07, 6.45) is -1.09. The van der Waals surface area contributed by atoms with Gasteiger partial charge in [-0.1, -0.05) is 38.1 Å². The number of amides is 3. The normalized spacial score (nSPS) is 12.2. The summed E-state index contributed by atoms with van der Waals surface area (Å²) in [6, 6.07) is 15.7. The van der Waals surface area contributed by atoms with E-state index in [1.165, 1.54) is 13.0 Å². The monoisotopic (exact) mass is 408 g/mol. The summed E-state index contributed by atoms with van der Waals surface area (Å²) >= 11 is 0. The molecule has 0 saturated heterocycles. The molecule has 3 N–H and O–H groups in total. The molecule has 8 nitrogen and oxygen atoms in total. The lowest BCUT2D eigenvalue weighted by molar-refractivity contribution is -0.156. The van der Waals surface area contributed by atoms with Crippen LogP contribution in [-0.4, -0.2) is 30.1 Å². The standard InChI is InChI=1S/C22H24N4O4/c1-14(2)19(26-22(29)25-17-9-5-4-6-10-17)21(28)30-15(3)20(27)24-18-11-7-8-16(12-18)13-23/h4-12,14-15,19H,1-3H3,(H,24,27)(H2,25,26,29)/t15-,19+/m1/s1. The third-order valence-electron chi connectivity index (χ3n) is 4.16. The minimum Gasteiger partial charge on any atom is -0.451 e. The Morgan fingerprint density at radius 1 is 0.933 bits per heavy atom. The molecule has 0 aliphatic rings. The van der Waals surface area contributed by atoms with Crippen LogP contribution in [0.4, 0.5) is 16.2 Å². The number of hydrogen-bond acceptors (Lipinski definition) is 5. The molecule has 156 valence electrons. The largest absolute Gasteiger partial charge is 0.451 e. The molecule has 2 atom stereocenters. The fraction of sp³-hybridized carbons (Fsp3) is 0.273. The van der Waals surface area contributed by atoms with Gasteiger partial charge < -0.3 is 20.7 Å². The predicted molar refractivity (Wildman–Crippen MR) is 113 cm³/mol. The Kier molecular flexibility index (Phi) is 7.94. The van der Waals surface area contributed by atoms with E-state index >= 15 is 0 Å². The number of urea groups is 1. The van der Waals surface area contributed by atoms with Crippen molar-refractivity contribution in [2.45, 2.75) is 32.9 Å². The smallest absolute Gasteiger partial charge is 0.329 e. The Hall–Kier alpha value is -3.86. The SMILES string of the molecule is CC(C)[C@H](NC(=O)Nc1ccccc1)C(=O)O[C@H](C)C(=O)Nc1cccc(C#N)c1. The van der Waals surface area contributed by atoms with Gasteiger partial charge in [0, 0.05) is 11.4 Å². The number of anilines is 2. The van der Waals surface area contributed by atoms with E-state index in [-0.39, 0.29) is 5.92 Å². The lowest BCUT2D eigenvalue weighted by Crippen LogP contribution is -2.48. The zero-order valence-electron chi connectivity index (χ0n) is 17.0. The van der Waals surface area contributed by atoms with Crippen LogP contribution in [0.3, 0.4) is 0 Å². The average molecular weight is 408 g/mol. The van der Waals surface area contributed by atoms with Gasteiger partial charge >= 0.3 is 12.0 Å². The van der Waals surface area contributed by atoms with Crippen LogP contribution in [0.25, 0.3) is 0 Å². The van der Waals surface area contributed by atoms with E-state index in [0.29, 0.717) is 16.9 Å². The van der Waals surface area contributed by atoms with Crippen molar-refractivity contribution in [2.75, 3.05) is 10.6 Å². The third kappa shape index (κ3) is 6.63. The summed E-state index contributed by atoms with van der Waals surface area (Å²) in [5.74, 6) is -1.53. The van der Waals surface area contributed by atoms with Crippen molar-refractivity contribution >= 4 is 29.3 Å². The van der Waals surface area contributed by atoms with E-state index in [9.17, 15) is 14.4 Å². The van der Waals surface area contributed by atoms with Crippen molar-refractivity contribution in [1.82, 2.24) is 5.32 Å². The van der Waals surface area contributed by atoms with Crippen molar-refractivity contribution in [3.63, 3.8) is 0 Å². The topological polar surface area (TPSA) is 120 Å². The van der Waals surface area contributed by atoms with Gasteiger partial charge in [-0.25, -0.2) is 9.59 Å². The number of rotatable bonds is 7. The van der Waals surface area contributed by atoms with Gasteiger partial charge in [-0.2, -0.15) is 5.26 Å². The van der Waals surface area contributed by atoms with Crippen LogP contribution in [-0.2, 0) is 14.3 Å². The van der Waals surface area contributed by atoms with Gasteiger partial charge in [-0.15, -0.1) is 0 Å². The number of carbonyl (C=O) groups is 3. The minimum atomic E-state index is -1.09. The molecular formula is C22H24N4O4. The molecule has 0 fully saturated rings. The van der Waals surface area contributed by atoms with E-state index < -0.39 is 30.1 Å². The van der Waals surface area contributed by atoms with Crippen LogP contribution in [0.2, 0.25) is 0 Å². The summed E-state index contributed by atoms with van der Waals surface area (Å²) in [5, 5.41) is 16.7. The summed E-state index contributed by atoms with van der Waals surface area (Å²) in [7, 11) is 0. The number of nitrogens with one attached hydrogen (secondary N) is 3. The second-order valence-corrected chi connectivity index (χ2v) is 6.95. The average Bonchev–Trinajstić information content (AvgIpc) is 2.72. The molecule has 0 aliphatic heterocycles. The van der Waals surface area contributed by atoms with Gasteiger partial charge in [0.2, 0.25) is 0 Å². The lowest BCUT2D eigenvalue weighted by Gasteiger charge is -2.23. The predicted octanol–water partition coefficient (Wildman–Crippen LogP) is 3.27. The van der Waals surface area contributed by atoms with E-state index in [1.807, 2.05) is 12.1 Å². The van der Waals surface area contributed by atoms with Crippen LogP contribution in [0.15, 0.2) is 54.6 Å². The number of esters is 1. The van der Waals surface area contributed by atoms with Gasteiger partial charge in [0.15, 0.2) is 6.10 Å². The Morgan fingerprint density at radius 2 is 1.60 bits per heavy atom. The number of ether oxygens (including phenoxy) is 1. The zero-order chi connectivity index (χ0) is 22.1. The molecule has 3 amide bonds. The molecule has 2 rings (SSSR count). The molecule has 2 aromatic carbocycles. The zero-order valence-corrected chi connectivity index (χ0v) is 17.0. The van der Waals surface area contributed by atoms with E-state index in [1.54, 1.807) is 56.3 Å². The molecule has 0 heterocycles. The van der Waals surface area contributed by atoms with Crippen LogP contribution in [0.5, 0.6) is 0 Å². The molecule has 0 saturated carbocycles. The van der Waals surface area contributed by atoms with Gasteiger partial charge in [0.1, 0.15) is 6.04 Å². The summed E-state index contributed by atoms with van der Waals surface area (Å²) in [4.78, 5) is 37.1. The van der Waals surface area contributed by atoms with Gasteiger partial charge in [0.05, 0.1) is 11.6 Å². The van der Waals surface area contributed by atoms with Crippen LogP contribution in [0.1, 0.15) is 26.3 Å². The first-order chi connectivity index (χ1) is 14.3. The second-order valence-electron chi connectivity index (χ2n) is 6.95. The van der Waals surface area contributed by atoms with Gasteiger partial charge in [-0.3, -0.25) is 4.79 Å². The number of para-hydroxylation sites is 1. The number of benzene rings is 2. The Balaban J connectivity index is 1.95. The molecule has 0 aliphatic carbocycles. The highest BCUT2D eigenvalue weighted by molar-refractivity contribution is 5.96. The first kappa shape index (κ1) is 22.4. The van der Waals surface area contributed by atoms with Crippen molar-refractivity contribution < 1.29 is 19.1 Å².